The number of hydrogen-bond acceptors (Lipinski definition) is 5. The Morgan fingerprint density at radius 2 is 1.88 bits per heavy atom. The molecule has 6 heteroatoms. The summed E-state index contributed by atoms with van der Waals surface area (Å²) in [5.41, 5.74) is 1.72. The van der Waals surface area contributed by atoms with Gasteiger partial charge < -0.3 is 19.2 Å². The average molecular weight is 453 g/mol. The third kappa shape index (κ3) is 5.45. The third-order valence-corrected chi connectivity index (χ3v) is 5.21. The number of amides is 1. The van der Waals surface area contributed by atoms with Crippen LogP contribution in [-0.2, 0) is 17.9 Å². The van der Waals surface area contributed by atoms with E-state index in [2.05, 4.69) is 23.5 Å². The summed E-state index contributed by atoms with van der Waals surface area (Å²) in [6.45, 7) is 2.93. The Morgan fingerprint density at radius 1 is 1.03 bits per heavy atom. The predicted molar refractivity (Wildman–Crippen MR) is 130 cm³/mol. The fraction of sp³-hybridized carbons (Fsp3) is 0.143. The van der Waals surface area contributed by atoms with Gasteiger partial charge in [0.15, 0.2) is 11.5 Å². The number of carbonyl (C=O) groups is 1. The van der Waals surface area contributed by atoms with Crippen LogP contribution >= 0.6 is 0 Å². The van der Waals surface area contributed by atoms with Gasteiger partial charge in [-0.3, -0.25) is 4.79 Å². The molecule has 1 aromatic heterocycles. The molecule has 3 aromatic carbocycles. The Kier molecular flexibility index (Phi) is 7.26. The molecule has 0 aliphatic rings. The minimum atomic E-state index is -0.479. The summed E-state index contributed by atoms with van der Waals surface area (Å²) in [5.74, 6) is 1.27. The van der Waals surface area contributed by atoms with Gasteiger partial charge in [-0.25, -0.2) is 0 Å². The van der Waals surface area contributed by atoms with Crippen LogP contribution in [0.5, 0.6) is 11.5 Å². The lowest BCUT2D eigenvalue weighted by Gasteiger charge is -2.14. The van der Waals surface area contributed by atoms with E-state index in [1.54, 1.807) is 30.3 Å². The van der Waals surface area contributed by atoms with Crippen molar-refractivity contribution in [2.75, 3.05) is 6.61 Å². The number of nitrogens with zero attached hydrogens (tertiary/aromatic N) is 1. The monoisotopic (exact) mass is 452 g/mol. The Morgan fingerprint density at radius 3 is 2.68 bits per heavy atom. The number of ether oxygens (including phenoxy) is 2. The van der Waals surface area contributed by atoms with Crippen LogP contribution in [0.1, 0.15) is 23.8 Å². The number of rotatable bonds is 9. The second-order valence-electron chi connectivity index (χ2n) is 7.50. The van der Waals surface area contributed by atoms with Crippen molar-refractivity contribution in [2.45, 2.75) is 20.1 Å². The standard InChI is InChI=1S/C28H24N2O4/c1-2-32-27-16-20(15-23(17-29)28(31)30-18-24-10-6-14-33-24)12-13-26(27)34-19-22-9-5-8-21-7-3-4-11-25(21)22/h3-16H,2,18-19H2,1H3,(H,30,31). The van der Waals surface area contributed by atoms with Gasteiger partial charge in [-0.15, -0.1) is 0 Å². The smallest absolute Gasteiger partial charge is 0.262 e. The number of nitriles is 1. The molecule has 1 N–H and O–H groups in total. The van der Waals surface area contributed by atoms with E-state index in [1.165, 1.54) is 12.3 Å². The summed E-state index contributed by atoms with van der Waals surface area (Å²) in [6, 6.07) is 25.1. The molecule has 0 spiro atoms. The van der Waals surface area contributed by atoms with E-state index < -0.39 is 5.91 Å². The molecule has 4 rings (SSSR count). The number of fused-ring (bicyclic) bond motifs is 1. The van der Waals surface area contributed by atoms with Gasteiger partial charge >= 0.3 is 0 Å². The molecule has 170 valence electrons. The van der Waals surface area contributed by atoms with Crippen molar-refractivity contribution in [1.82, 2.24) is 5.32 Å². The largest absolute Gasteiger partial charge is 0.490 e. The molecular weight excluding hydrogens is 428 g/mol. The number of carbonyl (C=O) groups excluding carboxylic acids is 1. The van der Waals surface area contributed by atoms with Crippen molar-refractivity contribution in [3.05, 3.63) is 102 Å². The molecule has 0 bridgehead atoms. The second kappa shape index (κ2) is 10.9. The van der Waals surface area contributed by atoms with E-state index in [9.17, 15) is 10.1 Å². The van der Waals surface area contributed by atoms with Crippen LogP contribution in [0, 0.1) is 11.3 Å². The number of benzene rings is 3. The zero-order valence-electron chi connectivity index (χ0n) is 18.8. The van der Waals surface area contributed by atoms with Gasteiger partial charge in [0.25, 0.3) is 5.91 Å². The van der Waals surface area contributed by atoms with E-state index in [1.807, 2.05) is 37.3 Å². The first-order chi connectivity index (χ1) is 16.7. The molecule has 0 aliphatic heterocycles. The normalized spacial score (nSPS) is 11.1. The maximum absolute atomic E-state index is 12.4. The van der Waals surface area contributed by atoms with Crippen LogP contribution in [0.3, 0.4) is 0 Å². The molecule has 0 radical (unpaired) electrons. The molecule has 0 saturated heterocycles. The van der Waals surface area contributed by atoms with Crippen molar-refractivity contribution in [2.24, 2.45) is 0 Å². The number of hydrogen-bond donors (Lipinski definition) is 1. The lowest BCUT2D eigenvalue weighted by molar-refractivity contribution is -0.117. The van der Waals surface area contributed by atoms with Crippen molar-refractivity contribution < 1.29 is 18.7 Å². The zero-order chi connectivity index (χ0) is 23.8. The Hall–Kier alpha value is -4.50. The van der Waals surface area contributed by atoms with Gasteiger partial charge in [0, 0.05) is 0 Å². The quantitative estimate of drug-likeness (QED) is 0.263. The van der Waals surface area contributed by atoms with Crippen LogP contribution in [0.25, 0.3) is 16.8 Å². The lowest BCUT2D eigenvalue weighted by Crippen LogP contribution is -2.23. The van der Waals surface area contributed by atoms with Crippen molar-refractivity contribution >= 4 is 22.8 Å². The van der Waals surface area contributed by atoms with E-state index in [4.69, 9.17) is 13.9 Å². The lowest BCUT2D eigenvalue weighted by atomic mass is 10.1. The molecule has 1 amide bonds. The molecule has 0 aliphatic carbocycles. The summed E-state index contributed by atoms with van der Waals surface area (Å²) in [5, 5.41) is 14.5. The van der Waals surface area contributed by atoms with Crippen LogP contribution < -0.4 is 14.8 Å². The van der Waals surface area contributed by atoms with Gasteiger partial charge in [0.05, 0.1) is 19.4 Å². The van der Waals surface area contributed by atoms with E-state index in [0.29, 0.717) is 36.0 Å². The molecule has 0 fully saturated rings. The Balaban J connectivity index is 1.51. The minimum absolute atomic E-state index is 0.0153. The average Bonchev–Trinajstić information content (AvgIpc) is 3.39. The fourth-order valence-electron chi connectivity index (χ4n) is 3.57. The van der Waals surface area contributed by atoms with Gasteiger partial charge in [0.1, 0.15) is 24.0 Å². The highest BCUT2D eigenvalue weighted by Crippen LogP contribution is 2.31. The van der Waals surface area contributed by atoms with Crippen LogP contribution in [0.4, 0.5) is 0 Å². The molecule has 0 unspecified atom stereocenters. The Labute approximate surface area is 198 Å². The predicted octanol–water partition coefficient (Wildman–Crippen LogP) is 5.63. The van der Waals surface area contributed by atoms with Gasteiger partial charge in [-0.1, -0.05) is 48.5 Å². The molecular formula is C28H24N2O4. The zero-order valence-corrected chi connectivity index (χ0v) is 18.8. The molecule has 0 saturated carbocycles. The summed E-state index contributed by atoms with van der Waals surface area (Å²) in [4.78, 5) is 12.4. The first-order valence-electron chi connectivity index (χ1n) is 11.0. The summed E-state index contributed by atoms with van der Waals surface area (Å²) < 4.78 is 17.1. The molecule has 34 heavy (non-hydrogen) atoms. The van der Waals surface area contributed by atoms with Gasteiger partial charge in [-0.05, 0) is 59.2 Å². The first kappa shape index (κ1) is 22.7. The second-order valence-corrected chi connectivity index (χ2v) is 7.50. The van der Waals surface area contributed by atoms with Crippen LogP contribution in [-0.4, -0.2) is 12.5 Å². The van der Waals surface area contributed by atoms with Crippen LogP contribution in [0.15, 0.2) is 89.0 Å². The highest BCUT2D eigenvalue weighted by Gasteiger charge is 2.12. The topological polar surface area (TPSA) is 84.5 Å². The van der Waals surface area contributed by atoms with E-state index >= 15 is 0 Å². The minimum Gasteiger partial charge on any atom is -0.490 e. The van der Waals surface area contributed by atoms with Crippen molar-refractivity contribution in [1.29, 1.82) is 5.26 Å². The Bertz CT molecular complexity index is 1350. The summed E-state index contributed by atoms with van der Waals surface area (Å²) >= 11 is 0. The highest BCUT2D eigenvalue weighted by molar-refractivity contribution is 6.01. The highest BCUT2D eigenvalue weighted by atomic mass is 16.5. The molecule has 4 aromatic rings. The van der Waals surface area contributed by atoms with Gasteiger partial charge in [-0.2, -0.15) is 5.26 Å². The third-order valence-electron chi connectivity index (χ3n) is 5.21. The maximum atomic E-state index is 12.4. The van der Waals surface area contributed by atoms with E-state index in [0.717, 1.165) is 16.3 Å². The first-order valence-corrected chi connectivity index (χ1v) is 11.0. The van der Waals surface area contributed by atoms with Gasteiger partial charge in [0.2, 0.25) is 0 Å². The molecule has 1 heterocycles. The number of furan rings is 1. The summed E-state index contributed by atoms with van der Waals surface area (Å²) in [6.07, 6.45) is 3.05. The SMILES string of the molecule is CCOc1cc(C=C(C#N)C(=O)NCc2ccco2)ccc1OCc1cccc2ccccc12. The molecule has 0 atom stereocenters. The number of nitrogens with one attached hydrogen (secondary N) is 1. The fourth-order valence-corrected chi connectivity index (χ4v) is 3.57. The van der Waals surface area contributed by atoms with Crippen molar-refractivity contribution in [3.8, 4) is 17.6 Å². The molecule has 6 nitrogen and oxygen atoms in total. The maximum Gasteiger partial charge on any atom is 0.262 e. The summed E-state index contributed by atoms with van der Waals surface area (Å²) in [7, 11) is 0. The van der Waals surface area contributed by atoms with Crippen molar-refractivity contribution in [3.63, 3.8) is 0 Å². The van der Waals surface area contributed by atoms with E-state index in [-0.39, 0.29) is 12.1 Å². The van der Waals surface area contributed by atoms with Crippen LogP contribution in [0.2, 0.25) is 0 Å².